The maximum atomic E-state index is 13.0. The number of rotatable bonds is 4. The maximum absolute atomic E-state index is 13.0. The Balaban J connectivity index is 1.94. The van der Waals surface area contributed by atoms with E-state index in [1.54, 1.807) is 36.4 Å². The van der Waals surface area contributed by atoms with Gasteiger partial charge in [0.25, 0.3) is 0 Å². The normalized spacial score (nSPS) is 12.2. The zero-order chi connectivity index (χ0) is 23.1. The monoisotopic (exact) mass is 477 g/mol. The molecule has 0 aliphatic rings. The first-order chi connectivity index (χ1) is 15.0. The second-order valence-electron chi connectivity index (χ2n) is 6.92. The highest BCUT2D eigenvalue weighted by atomic mass is 35.5. The van der Waals surface area contributed by atoms with Gasteiger partial charge in [-0.25, -0.2) is 18.2 Å². The van der Waals surface area contributed by atoms with Crippen molar-refractivity contribution >= 4 is 21.6 Å². The highest BCUT2D eigenvalue weighted by Gasteiger charge is 2.30. The highest BCUT2D eigenvalue weighted by Crippen LogP contribution is 2.34. The van der Waals surface area contributed by atoms with Crippen LogP contribution in [0.3, 0.4) is 0 Å². The number of halogens is 4. The Morgan fingerprint density at radius 2 is 1.47 bits per heavy atom. The summed E-state index contributed by atoms with van der Waals surface area (Å²) in [6, 6.07) is 19.0. The van der Waals surface area contributed by atoms with Gasteiger partial charge in [-0.2, -0.15) is 18.3 Å². The van der Waals surface area contributed by atoms with Gasteiger partial charge in [0.15, 0.2) is 0 Å². The number of hydrogen-bond acceptors (Lipinski definition) is 3. The van der Waals surface area contributed by atoms with Crippen molar-refractivity contribution in [2.24, 2.45) is 5.14 Å². The van der Waals surface area contributed by atoms with Crippen molar-refractivity contribution in [3.8, 4) is 28.2 Å². The summed E-state index contributed by atoms with van der Waals surface area (Å²) in [5, 5.41) is 10.4. The molecule has 4 aromatic rings. The van der Waals surface area contributed by atoms with E-state index in [-0.39, 0.29) is 10.6 Å². The van der Waals surface area contributed by atoms with Crippen LogP contribution in [0.2, 0.25) is 5.02 Å². The van der Waals surface area contributed by atoms with Crippen molar-refractivity contribution in [1.29, 1.82) is 0 Å². The maximum Gasteiger partial charge on any atom is 0.416 e. The molecule has 3 aromatic carbocycles. The van der Waals surface area contributed by atoms with Gasteiger partial charge < -0.3 is 0 Å². The van der Waals surface area contributed by atoms with Crippen LogP contribution >= 0.6 is 11.6 Å². The molecule has 0 atom stereocenters. The van der Waals surface area contributed by atoms with E-state index in [2.05, 4.69) is 5.10 Å². The second-order valence-corrected chi connectivity index (χ2v) is 8.89. The molecule has 32 heavy (non-hydrogen) atoms. The predicted molar refractivity (Wildman–Crippen MR) is 116 cm³/mol. The van der Waals surface area contributed by atoms with Crippen LogP contribution in [-0.2, 0) is 16.2 Å². The molecule has 0 unspecified atom stereocenters. The Kier molecular flexibility index (Phi) is 5.58. The first-order valence-corrected chi connectivity index (χ1v) is 11.1. The van der Waals surface area contributed by atoms with Crippen molar-refractivity contribution in [3.63, 3.8) is 0 Å². The third-order valence-corrected chi connectivity index (χ3v) is 5.97. The third-order valence-electron chi connectivity index (χ3n) is 4.76. The Hall–Kier alpha value is -3.14. The number of sulfonamides is 1. The number of benzene rings is 3. The third kappa shape index (κ3) is 4.40. The summed E-state index contributed by atoms with van der Waals surface area (Å²) >= 11 is 5.95. The molecule has 1 heterocycles. The summed E-state index contributed by atoms with van der Waals surface area (Å²) in [6.07, 6.45) is -4.48. The van der Waals surface area contributed by atoms with Gasteiger partial charge in [-0.05, 0) is 42.5 Å². The van der Waals surface area contributed by atoms with Crippen LogP contribution in [0, 0.1) is 0 Å². The molecule has 0 radical (unpaired) electrons. The standard InChI is InChI=1S/C22H15ClF3N3O2S/c23-17-11-7-14(8-12-17)18-13-20(15-5-9-16(10-6-15)22(24,25)26)29(28-18)19-3-1-2-4-21(19)32(27,30)31/h1-13H,(H2,27,30,31). The molecule has 0 bridgehead atoms. The number of aromatic nitrogens is 2. The molecule has 5 nitrogen and oxygen atoms in total. The molecule has 4 rings (SSSR count). The fraction of sp³-hybridized carbons (Fsp3) is 0.0455. The van der Waals surface area contributed by atoms with Gasteiger partial charge in [-0.3, -0.25) is 0 Å². The lowest BCUT2D eigenvalue weighted by atomic mass is 10.1. The molecule has 10 heteroatoms. The van der Waals surface area contributed by atoms with Crippen LogP contribution < -0.4 is 5.14 Å². The lowest BCUT2D eigenvalue weighted by Gasteiger charge is -2.12. The number of para-hydroxylation sites is 1. The smallest absolute Gasteiger partial charge is 0.231 e. The molecule has 0 aliphatic carbocycles. The van der Waals surface area contributed by atoms with Crippen LogP contribution in [0.15, 0.2) is 83.8 Å². The summed E-state index contributed by atoms with van der Waals surface area (Å²) in [7, 11) is -4.09. The number of nitrogens with two attached hydrogens (primary N) is 1. The molecule has 0 amide bonds. The minimum absolute atomic E-state index is 0.168. The second kappa shape index (κ2) is 8.09. The SMILES string of the molecule is NS(=O)(=O)c1ccccc1-n1nc(-c2ccc(Cl)cc2)cc1-c1ccc(C(F)(F)F)cc1. The van der Waals surface area contributed by atoms with E-state index in [0.717, 1.165) is 12.1 Å². The number of hydrogen-bond donors (Lipinski definition) is 1. The molecule has 2 N–H and O–H groups in total. The quantitative estimate of drug-likeness (QED) is 0.420. The largest absolute Gasteiger partial charge is 0.416 e. The van der Waals surface area contributed by atoms with Gasteiger partial charge in [0.2, 0.25) is 10.0 Å². The van der Waals surface area contributed by atoms with E-state index in [1.807, 2.05) is 0 Å². The lowest BCUT2D eigenvalue weighted by molar-refractivity contribution is -0.137. The topological polar surface area (TPSA) is 78.0 Å². The lowest BCUT2D eigenvalue weighted by Crippen LogP contribution is -2.16. The fourth-order valence-electron chi connectivity index (χ4n) is 3.23. The van der Waals surface area contributed by atoms with Crippen LogP contribution in [0.1, 0.15) is 5.56 Å². The van der Waals surface area contributed by atoms with Crippen molar-refractivity contribution in [3.05, 3.63) is 89.4 Å². The molecular weight excluding hydrogens is 463 g/mol. The highest BCUT2D eigenvalue weighted by molar-refractivity contribution is 7.89. The molecule has 0 fully saturated rings. The number of primary sulfonamides is 1. The Bertz CT molecular complexity index is 1380. The van der Waals surface area contributed by atoms with E-state index >= 15 is 0 Å². The van der Waals surface area contributed by atoms with Crippen molar-refractivity contribution in [1.82, 2.24) is 9.78 Å². The molecule has 0 spiro atoms. The summed E-state index contributed by atoms with van der Waals surface area (Å²) in [5.41, 5.74) is 1.34. The zero-order valence-corrected chi connectivity index (χ0v) is 17.8. The van der Waals surface area contributed by atoms with E-state index < -0.39 is 21.8 Å². The number of alkyl halides is 3. The van der Waals surface area contributed by atoms with Crippen LogP contribution in [0.4, 0.5) is 13.2 Å². The van der Waals surface area contributed by atoms with Crippen LogP contribution in [-0.4, -0.2) is 18.2 Å². The molecule has 0 saturated heterocycles. The Morgan fingerprint density at radius 1 is 0.875 bits per heavy atom. The van der Waals surface area contributed by atoms with E-state index in [0.29, 0.717) is 27.5 Å². The van der Waals surface area contributed by atoms with Gasteiger partial charge in [0.1, 0.15) is 4.90 Å². The predicted octanol–water partition coefficient (Wildman–Crippen LogP) is 5.53. The molecule has 0 aliphatic heterocycles. The fourth-order valence-corrected chi connectivity index (χ4v) is 4.08. The van der Waals surface area contributed by atoms with Gasteiger partial charge in [0.05, 0.1) is 22.6 Å². The Morgan fingerprint density at radius 3 is 2.06 bits per heavy atom. The first-order valence-electron chi connectivity index (χ1n) is 9.20. The first kappa shape index (κ1) is 22.1. The summed E-state index contributed by atoms with van der Waals surface area (Å²) in [6.45, 7) is 0. The van der Waals surface area contributed by atoms with Gasteiger partial charge in [-0.1, -0.05) is 48.0 Å². The van der Waals surface area contributed by atoms with Crippen molar-refractivity contribution < 1.29 is 21.6 Å². The molecule has 1 aromatic heterocycles. The summed E-state index contributed by atoms with van der Waals surface area (Å²) < 4.78 is 64.6. The van der Waals surface area contributed by atoms with Crippen LogP contribution in [0.25, 0.3) is 28.2 Å². The van der Waals surface area contributed by atoms with E-state index in [4.69, 9.17) is 16.7 Å². The number of nitrogens with zero attached hydrogens (tertiary/aromatic N) is 2. The van der Waals surface area contributed by atoms with E-state index in [1.165, 1.54) is 35.0 Å². The van der Waals surface area contributed by atoms with Crippen LogP contribution in [0.5, 0.6) is 0 Å². The molecule has 164 valence electrons. The van der Waals surface area contributed by atoms with Gasteiger partial charge >= 0.3 is 6.18 Å². The van der Waals surface area contributed by atoms with Crippen molar-refractivity contribution in [2.45, 2.75) is 11.1 Å². The minimum atomic E-state index is -4.48. The summed E-state index contributed by atoms with van der Waals surface area (Å²) in [4.78, 5) is -0.168. The van der Waals surface area contributed by atoms with Gasteiger partial charge in [-0.15, -0.1) is 0 Å². The van der Waals surface area contributed by atoms with Gasteiger partial charge in [0, 0.05) is 16.1 Å². The van der Waals surface area contributed by atoms with Crippen molar-refractivity contribution in [2.75, 3.05) is 0 Å². The minimum Gasteiger partial charge on any atom is -0.231 e. The summed E-state index contributed by atoms with van der Waals surface area (Å²) in [5.74, 6) is 0. The average molecular weight is 478 g/mol. The Labute approximate surface area is 186 Å². The molecule has 0 saturated carbocycles. The van der Waals surface area contributed by atoms with E-state index in [9.17, 15) is 21.6 Å². The molecular formula is C22H15ClF3N3O2S. The average Bonchev–Trinajstić information content (AvgIpc) is 3.18. The zero-order valence-electron chi connectivity index (χ0n) is 16.2.